The number of halogens is 2. The maximum Gasteiger partial charge on any atom is 0.271 e. The zero-order valence-electron chi connectivity index (χ0n) is 15.4. The molecule has 9 heteroatoms. The molecule has 4 rings (SSSR count). The Bertz CT molecular complexity index is 937. The number of hydrogen-bond acceptors (Lipinski definition) is 4. The predicted octanol–water partition coefficient (Wildman–Crippen LogP) is 2.02. The average molecular weight is 407 g/mol. The fraction of sp³-hybridized carbons (Fsp3) is 0.421. The van der Waals surface area contributed by atoms with Crippen LogP contribution >= 0.6 is 11.6 Å². The number of benzene rings is 1. The predicted molar refractivity (Wildman–Crippen MR) is 99.9 cm³/mol. The van der Waals surface area contributed by atoms with E-state index < -0.39 is 17.8 Å². The van der Waals surface area contributed by atoms with E-state index in [-0.39, 0.29) is 28.4 Å². The van der Waals surface area contributed by atoms with Gasteiger partial charge in [-0.25, -0.2) is 4.39 Å². The molecule has 1 unspecified atom stereocenters. The second kappa shape index (κ2) is 7.18. The van der Waals surface area contributed by atoms with Gasteiger partial charge in [0.2, 0.25) is 0 Å². The van der Waals surface area contributed by atoms with Gasteiger partial charge < -0.3 is 15.4 Å². The Kier molecular flexibility index (Phi) is 4.84. The van der Waals surface area contributed by atoms with Crippen LogP contribution in [0.25, 0.3) is 0 Å². The molecular weight excluding hydrogens is 387 g/mol. The summed E-state index contributed by atoms with van der Waals surface area (Å²) in [7, 11) is 1.49. The van der Waals surface area contributed by atoms with Crippen molar-refractivity contribution in [3.8, 4) is 0 Å². The molecule has 1 aliphatic heterocycles. The maximum absolute atomic E-state index is 13.9. The molecule has 7 nitrogen and oxygen atoms in total. The minimum absolute atomic E-state index is 0.0166. The molecule has 2 amide bonds. The molecule has 0 spiro atoms. The van der Waals surface area contributed by atoms with Crippen LogP contribution in [0.15, 0.2) is 24.3 Å². The van der Waals surface area contributed by atoms with Crippen molar-refractivity contribution in [2.45, 2.75) is 19.0 Å². The van der Waals surface area contributed by atoms with Gasteiger partial charge in [-0.3, -0.25) is 14.3 Å². The summed E-state index contributed by atoms with van der Waals surface area (Å²) >= 11 is 5.76. The summed E-state index contributed by atoms with van der Waals surface area (Å²) in [5.41, 5.74) is 0.944. The summed E-state index contributed by atoms with van der Waals surface area (Å²) in [5.74, 6) is -0.577. The van der Waals surface area contributed by atoms with Crippen LogP contribution in [0.1, 0.15) is 39.5 Å². The van der Waals surface area contributed by atoms with E-state index in [9.17, 15) is 14.0 Å². The lowest BCUT2D eigenvalue weighted by Gasteiger charge is -2.17. The summed E-state index contributed by atoms with van der Waals surface area (Å²) in [6.45, 7) is 3.08. The van der Waals surface area contributed by atoms with Gasteiger partial charge in [-0.05, 0) is 24.6 Å². The van der Waals surface area contributed by atoms with Gasteiger partial charge in [0.05, 0.1) is 24.3 Å². The minimum Gasteiger partial charge on any atom is -0.381 e. The number of fused-ring (bicyclic) bond motifs is 1. The second-order valence-corrected chi connectivity index (χ2v) is 7.56. The molecule has 2 aromatic rings. The molecule has 1 saturated heterocycles. The van der Waals surface area contributed by atoms with Crippen molar-refractivity contribution in [2.75, 3.05) is 20.3 Å². The topological polar surface area (TPSA) is 85.3 Å². The van der Waals surface area contributed by atoms with Gasteiger partial charge in [0.1, 0.15) is 11.5 Å². The van der Waals surface area contributed by atoms with Crippen LogP contribution in [0, 0.1) is 17.7 Å². The molecule has 4 atom stereocenters. The van der Waals surface area contributed by atoms with Crippen LogP contribution in [-0.2, 0) is 4.74 Å². The van der Waals surface area contributed by atoms with Crippen molar-refractivity contribution in [1.82, 2.24) is 20.4 Å². The van der Waals surface area contributed by atoms with E-state index in [1.165, 1.54) is 29.9 Å². The van der Waals surface area contributed by atoms with Crippen LogP contribution in [0.4, 0.5) is 4.39 Å². The fourth-order valence-electron chi connectivity index (χ4n) is 3.69. The Morgan fingerprint density at radius 2 is 2.00 bits per heavy atom. The number of carbonyl (C=O) groups is 2. The number of nitrogens with zero attached hydrogens (tertiary/aromatic N) is 2. The third-order valence-corrected chi connectivity index (χ3v) is 5.78. The summed E-state index contributed by atoms with van der Waals surface area (Å²) in [5, 5.41) is 9.81. The van der Waals surface area contributed by atoms with Crippen molar-refractivity contribution in [1.29, 1.82) is 0 Å². The zero-order chi connectivity index (χ0) is 20.0. The van der Waals surface area contributed by atoms with E-state index in [0.29, 0.717) is 30.6 Å². The standard InChI is InChI=1S/C19H20ClFN4O3/c1-9(10-3-4-13(20)14(21)5-10)25-16(6-15(24-25)18(26)22-2)19(27)23-17-11-7-28-8-12(11)17/h3-6,9,11-12,17H,7-8H2,1-2H3,(H,22,26)(H,23,27)/t9-,11-,12+,17?/m1/s1. The first-order valence-electron chi connectivity index (χ1n) is 9.06. The summed E-state index contributed by atoms with van der Waals surface area (Å²) < 4.78 is 20.7. The van der Waals surface area contributed by atoms with Crippen molar-refractivity contribution < 1.29 is 18.7 Å². The van der Waals surface area contributed by atoms with Gasteiger partial charge in [0.25, 0.3) is 11.8 Å². The lowest BCUT2D eigenvalue weighted by molar-refractivity contribution is 0.0915. The molecule has 2 N–H and O–H groups in total. The largest absolute Gasteiger partial charge is 0.381 e. The van der Waals surface area contributed by atoms with Gasteiger partial charge >= 0.3 is 0 Å². The van der Waals surface area contributed by atoms with Crippen molar-refractivity contribution in [3.63, 3.8) is 0 Å². The van der Waals surface area contributed by atoms with E-state index in [2.05, 4.69) is 15.7 Å². The van der Waals surface area contributed by atoms with Gasteiger partial charge in [-0.15, -0.1) is 0 Å². The van der Waals surface area contributed by atoms with Crippen LogP contribution in [0.5, 0.6) is 0 Å². The number of nitrogens with one attached hydrogen (secondary N) is 2. The lowest BCUT2D eigenvalue weighted by Crippen LogP contribution is -2.32. The monoisotopic (exact) mass is 406 g/mol. The van der Waals surface area contributed by atoms with E-state index in [1.54, 1.807) is 13.0 Å². The first-order valence-corrected chi connectivity index (χ1v) is 9.43. The molecule has 0 radical (unpaired) electrons. The quantitative estimate of drug-likeness (QED) is 0.795. The van der Waals surface area contributed by atoms with Gasteiger partial charge in [-0.1, -0.05) is 17.7 Å². The molecular formula is C19H20ClFN4O3. The van der Waals surface area contributed by atoms with Crippen LogP contribution < -0.4 is 10.6 Å². The molecule has 2 aliphatic rings. The van der Waals surface area contributed by atoms with Gasteiger partial charge in [0.15, 0.2) is 5.69 Å². The van der Waals surface area contributed by atoms with Crippen molar-refractivity contribution >= 4 is 23.4 Å². The number of aromatic nitrogens is 2. The number of rotatable bonds is 5. The minimum atomic E-state index is -0.554. The van der Waals surface area contributed by atoms with E-state index in [4.69, 9.17) is 16.3 Å². The van der Waals surface area contributed by atoms with Gasteiger partial charge in [-0.2, -0.15) is 5.10 Å². The van der Waals surface area contributed by atoms with Crippen LogP contribution in [0.2, 0.25) is 5.02 Å². The molecule has 1 saturated carbocycles. The van der Waals surface area contributed by atoms with Crippen molar-refractivity contribution in [2.24, 2.45) is 11.8 Å². The SMILES string of the molecule is CNC(=O)c1cc(C(=O)NC2[C@H]3COC[C@@H]23)n([C@H](C)c2ccc(Cl)c(F)c2)n1. The Morgan fingerprint density at radius 3 is 2.64 bits per heavy atom. The molecule has 28 heavy (non-hydrogen) atoms. The lowest BCUT2D eigenvalue weighted by atomic mass is 10.1. The summed E-state index contributed by atoms with van der Waals surface area (Å²) in [6, 6.07) is 5.48. The Labute approximate surface area is 166 Å². The number of carbonyl (C=O) groups excluding carboxylic acids is 2. The second-order valence-electron chi connectivity index (χ2n) is 7.15. The number of hydrogen-bond donors (Lipinski definition) is 2. The third kappa shape index (κ3) is 3.27. The van der Waals surface area contributed by atoms with Crippen LogP contribution in [0.3, 0.4) is 0 Å². The molecule has 2 fully saturated rings. The van der Waals surface area contributed by atoms with Crippen molar-refractivity contribution in [3.05, 3.63) is 52.1 Å². The molecule has 148 valence electrons. The maximum atomic E-state index is 13.9. The number of amides is 2. The molecule has 0 bridgehead atoms. The highest BCUT2D eigenvalue weighted by Crippen LogP contribution is 2.44. The van der Waals surface area contributed by atoms with E-state index >= 15 is 0 Å². The highest BCUT2D eigenvalue weighted by Gasteiger charge is 2.55. The number of ether oxygens (including phenoxy) is 1. The molecule has 1 aliphatic carbocycles. The summed E-state index contributed by atoms with van der Waals surface area (Å²) in [6.07, 6.45) is 0. The molecule has 2 heterocycles. The normalized spacial score (nSPS) is 23.8. The Hall–Kier alpha value is -2.45. The fourth-order valence-corrected chi connectivity index (χ4v) is 3.81. The zero-order valence-corrected chi connectivity index (χ0v) is 16.2. The first kappa shape index (κ1) is 18.9. The molecule has 1 aromatic heterocycles. The summed E-state index contributed by atoms with van der Waals surface area (Å²) in [4.78, 5) is 24.9. The van der Waals surface area contributed by atoms with E-state index in [1.807, 2.05) is 0 Å². The average Bonchev–Trinajstić information content (AvgIpc) is 3.10. The smallest absolute Gasteiger partial charge is 0.271 e. The Morgan fingerprint density at radius 1 is 1.29 bits per heavy atom. The van der Waals surface area contributed by atoms with Crippen LogP contribution in [-0.4, -0.2) is 47.9 Å². The van der Waals surface area contributed by atoms with E-state index in [0.717, 1.165) is 0 Å². The highest BCUT2D eigenvalue weighted by molar-refractivity contribution is 6.30. The third-order valence-electron chi connectivity index (χ3n) is 5.47. The molecule has 1 aromatic carbocycles. The highest BCUT2D eigenvalue weighted by atomic mass is 35.5. The van der Waals surface area contributed by atoms with Gasteiger partial charge in [0, 0.05) is 31.0 Å². The first-order chi connectivity index (χ1) is 13.4. The Balaban J connectivity index is 1.64.